The van der Waals surface area contributed by atoms with Gasteiger partial charge in [0.1, 0.15) is 5.75 Å². The maximum atomic E-state index is 11.8. The van der Waals surface area contributed by atoms with Crippen LogP contribution in [0.15, 0.2) is 24.3 Å². The lowest BCUT2D eigenvalue weighted by molar-refractivity contribution is -0.147. The number of carbonyl (C=O) groups is 1. The Kier molecular flexibility index (Phi) is 5.83. The van der Waals surface area contributed by atoms with Crippen molar-refractivity contribution >= 4 is 5.97 Å². The van der Waals surface area contributed by atoms with Crippen LogP contribution in [0.2, 0.25) is 0 Å². The fourth-order valence-corrected chi connectivity index (χ4v) is 3.03. The van der Waals surface area contributed by atoms with E-state index in [1.807, 2.05) is 24.3 Å². The Balaban J connectivity index is 2.05. The highest BCUT2D eigenvalue weighted by molar-refractivity contribution is 5.81. The minimum atomic E-state index is -0.813. The monoisotopic (exact) mass is 306 g/mol. The van der Waals surface area contributed by atoms with Crippen LogP contribution in [0.25, 0.3) is 0 Å². The molecule has 1 N–H and O–H groups in total. The van der Waals surface area contributed by atoms with Gasteiger partial charge in [-0.1, -0.05) is 32.4 Å². The summed E-state index contributed by atoms with van der Waals surface area (Å²) < 4.78 is 11.1. The van der Waals surface area contributed by atoms with E-state index in [0.717, 1.165) is 24.2 Å². The Hall–Kier alpha value is -1.55. The summed E-state index contributed by atoms with van der Waals surface area (Å²) in [5.74, 6) is 0.575. The number of carboxylic acids is 1. The first-order valence-corrected chi connectivity index (χ1v) is 8.13. The summed E-state index contributed by atoms with van der Waals surface area (Å²) in [6, 6.07) is 7.54. The maximum Gasteiger partial charge on any atom is 0.314 e. The van der Waals surface area contributed by atoms with Gasteiger partial charge in [0, 0.05) is 13.2 Å². The van der Waals surface area contributed by atoms with E-state index in [2.05, 4.69) is 13.8 Å². The van der Waals surface area contributed by atoms with E-state index in [9.17, 15) is 9.90 Å². The van der Waals surface area contributed by atoms with Crippen LogP contribution in [-0.4, -0.2) is 30.9 Å². The lowest BCUT2D eigenvalue weighted by Crippen LogP contribution is -2.41. The van der Waals surface area contributed by atoms with Gasteiger partial charge in [-0.15, -0.1) is 0 Å². The molecule has 1 fully saturated rings. The van der Waals surface area contributed by atoms with E-state index in [-0.39, 0.29) is 0 Å². The van der Waals surface area contributed by atoms with E-state index in [1.165, 1.54) is 0 Å². The predicted octanol–water partition coefficient (Wildman–Crippen LogP) is 3.63. The molecule has 122 valence electrons. The molecule has 0 radical (unpaired) electrons. The minimum Gasteiger partial charge on any atom is -0.493 e. The van der Waals surface area contributed by atoms with Crippen molar-refractivity contribution in [2.45, 2.75) is 44.9 Å². The van der Waals surface area contributed by atoms with Crippen LogP contribution < -0.4 is 4.74 Å². The fourth-order valence-electron chi connectivity index (χ4n) is 3.03. The number of hydrogen-bond donors (Lipinski definition) is 1. The lowest BCUT2D eigenvalue weighted by atomic mass is 9.74. The van der Waals surface area contributed by atoms with Crippen LogP contribution in [0.1, 0.15) is 45.1 Å². The molecule has 1 atom stereocenters. The first kappa shape index (κ1) is 16.8. The Labute approximate surface area is 132 Å². The van der Waals surface area contributed by atoms with Crippen LogP contribution in [0.5, 0.6) is 5.75 Å². The molecule has 2 rings (SSSR count). The SMILES string of the molecule is CCCC(C)COc1ccc(C2(C(=O)O)CCOCC2)cc1. The molecule has 1 heterocycles. The molecule has 4 nitrogen and oxygen atoms in total. The molecule has 0 aliphatic carbocycles. The number of carboxylic acid groups (broad SMARTS) is 1. The minimum absolute atomic E-state index is 0.499. The van der Waals surface area contributed by atoms with E-state index < -0.39 is 11.4 Å². The number of benzene rings is 1. The first-order chi connectivity index (χ1) is 10.6. The Morgan fingerprint density at radius 2 is 1.95 bits per heavy atom. The second kappa shape index (κ2) is 7.63. The van der Waals surface area contributed by atoms with Crippen LogP contribution in [0, 0.1) is 5.92 Å². The molecule has 0 aromatic heterocycles. The van der Waals surface area contributed by atoms with E-state index in [4.69, 9.17) is 9.47 Å². The fraction of sp³-hybridized carbons (Fsp3) is 0.611. The van der Waals surface area contributed by atoms with Crippen molar-refractivity contribution in [2.24, 2.45) is 5.92 Å². The highest BCUT2D eigenvalue weighted by Crippen LogP contribution is 2.36. The van der Waals surface area contributed by atoms with Crippen LogP contribution >= 0.6 is 0 Å². The van der Waals surface area contributed by atoms with Gasteiger partial charge < -0.3 is 14.6 Å². The second-order valence-electron chi connectivity index (χ2n) is 6.23. The zero-order valence-electron chi connectivity index (χ0n) is 13.5. The number of ether oxygens (including phenoxy) is 2. The zero-order valence-corrected chi connectivity index (χ0v) is 13.5. The maximum absolute atomic E-state index is 11.8. The van der Waals surface area contributed by atoms with Gasteiger partial charge in [0.2, 0.25) is 0 Å². The van der Waals surface area contributed by atoms with E-state index in [0.29, 0.717) is 38.6 Å². The third kappa shape index (κ3) is 3.80. The smallest absolute Gasteiger partial charge is 0.314 e. The summed E-state index contributed by atoms with van der Waals surface area (Å²) in [6.07, 6.45) is 3.36. The largest absolute Gasteiger partial charge is 0.493 e. The van der Waals surface area contributed by atoms with Gasteiger partial charge in [0.15, 0.2) is 0 Å². The van der Waals surface area contributed by atoms with Crippen molar-refractivity contribution in [1.82, 2.24) is 0 Å². The standard InChI is InChI=1S/C18H26O4/c1-3-4-14(2)13-22-16-7-5-15(6-8-16)18(17(19)20)9-11-21-12-10-18/h5-8,14H,3-4,9-13H2,1-2H3,(H,19,20). The number of aliphatic carboxylic acids is 1. The van der Waals surface area contributed by atoms with Crippen molar-refractivity contribution < 1.29 is 19.4 Å². The van der Waals surface area contributed by atoms with Crippen molar-refractivity contribution in [3.8, 4) is 5.75 Å². The quantitative estimate of drug-likeness (QED) is 0.835. The van der Waals surface area contributed by atoms with Crippen LogP contribution in [-0.2, 0) is 14.9 Å². The molecule has 0 amide bonds. The normalized spacial score (nSPS) is 18.6. The van der Waals surface area contributed by atoms with Gasteiger partial charge in [-0.05, 0) is 42.9 Å². The Bertz CT molecular complexity index is 474. The second-order valence-corrected chi connectivity index (χ2v) is 6.23. The van der Waals surface area contributed by atoms with Gasteiger partial charge in [-0.25, -0.2) is 0 Å². The first-order valence-electron chi connectivity index (χ1n) is 8.13. The lowest BCUT2D eigenvalue weighted by Gasteiger charge is -2.33. The molecule has 22 heavy (non-hydrogen) atoms. The molecule has 1 aromatic carbocycles. The molecule has 0 saturated carbocycles. The summed E-state index contributed by atoms with van der Waals surface area (Å²) in [5.41, 5.74) is 0.0315. The zero-order chi connectivity index (χ0) is 16.0. The molecule has 0 spiro atoms. The van der Waals surface area contributed by atoms with Gasteiger partial charge in [0.05, 0.1) is 12.0 Å². The average molecular weight is 306 g/mol. The molecule has 0 bridgehead atoms. The topological polar surface area (TPSA) is 55.8 Å². The molecule has 1 aliphatic heterocycles. The van der Waals surface area contributed by atoms with E-state index in [1.54, 1.807) is 0 Å². The van der Waals surface area contributed by atoms with Crippen molar-refractivity contribution in [3.05, 3.63) is 29.8 Å². The van der Waals surface area contributed by atoms with Gasteiger partial charge in [-0.2, -0.15) is 0 Å². The van der Waals surface area contributed by atoms with Gasteiger partial charge in [-0.3, -0.25) is 4.79 Å². The number of rotatable bonds is 7. The summed E-state index contributed by atoms with van der Waals surface area (Å²) in [5, 5.41) is 9.66. The third-order valence-electron chi connectivity index (χ3n) is 4.48. The molecule has 4 heteroatoms. The highest BCUT2D eigenvalue weighted by Gasteiger charge is 2.41. The summed E-state index contributed by atoms with van der Waals surface area (Å²) in [7, 11) is 0. The van der Waals surface area contributed by atoms with Crippen LogP contribution in [0.3, 0.4) is 0 Å². The summed E-state index contributed by atoms with van der Waals surface area (Å²) in [4.78, 5) is 11.8. The number of hydrogen-bond acceptors (Lipinski definition) is 3. The highest BCUT2D eigenvalue weighted by atomic mass is 16.5. The van der Waals surface area contributed by atoms with Gasteiger partial charge >= 0.3 is 5.97 Å². The molecule has 1 aliphatic rings. The van der Waals surface area contributed by atoms with E-state index >= 15 is 0 Å². The third-order valence-corrected chi connectivity index (χ3v) is 4.48. The summed E-state index contributed by atoms with van der Waals surface area (Å²) in [6.45, 7) is 6.05. The Morgan fingerprint density at radius 1 is 1.32 bits per heavy atom. The molecular formula is C18H26O4. The molecular weight excluding hydrogens is 280 g/mol. The van der Waals surface area contributed by atoms with Crippen molar-refractivity contribution in [2.75, 3.05) is 19.8 Å². The van der Waals surface area contributed by atoms with Gasteiger partial charge in [0.25, 0.3) is 0 Å². The Morgan fingerprint density at radius 3 is 2.50 bits per heavy atom. The van der Waals surface area contributed by atoms with Crippen LogP contribution in [0.4, 0.5) is 0 Å². The molecule has 1 saturated heterocycles. The average Bonchev–Trinajstić information content (AvgIpc) is 2.54. The molecule has 1 unspecified atom stereocenters. The predicted molar refractivity (Wildman–Crippen MR) is 85.4 cm³/mol. The summed E-state index contributed by atoms with van der Waals surface area (Å²) >= 11 is 0. The molecule has 1 aromatic rings. The van der Waals surface area contributed by atoms with Crippen molar-refractivity contribution in [3.63, 3.8) is 0 Å². The van der Waals surface area contributed by atoms with Crippen molar-refractivity contribution in [1.29, 1.82) is 0 Å².